The molecule has 0 bridgehead atoms. The minimum absolute atomic E-state index is 0.0540. The molecule has 0 saturated carbocycles. The van der Waals surface area contributed by atoms with Crippen LogP contribution in [0.4, 0.5) is 5.69 Å². The van der Waals surface area contributed by atoms with Crippen molar-refractivity contribution in [2.24, 2.45) is 0 Å². The summed E-state index contributed by atoms with van der Waals surface area (Å²) < 4.78 is 0. The van der Waals surface area contributed by atoms with Gasteiger partial charge in [-0.15, -0.1) is 0 Å². The van der Waals surface area contributed by atoms with Crippen LogP contribution in [-0.4, -0.2) is 24.5 Å². The average molecular weight is 246 g/mol. The smallest absolute Gasteiger partial charge is 0.258 e. The average Bonchev–Trinajstić information content (AvgIpc) is 2.45. The van der Waals surface area contributed by atoms with Crippen LogP contribution < -0.4 is 10.5 Å². The SMILES string of the molecule is CN1CC(=O)N(c2ccc(Cl)cc2Cl)N1. The zero-order chi connectivity index (χ0) is 11.0. The Kier molecular flexibility index (Phi) is 2.84. The monoisotopic (exact) mass is 245 g/mol. The van der Waals surface area contributed by atoms with Gasteiger partial charge in [-0.1, -0.05) is 23.2 Å². The van der Waals surface area contributed by atoms with Crippen LogP contribution in [0.25, 0.3) is 0 Å². The van der Waals surface area contributed by atoms with E-state index in [0.29, 0.717) is 22.3 Å². The third-order valence-corrected chi connectivity index (χ3v) is 2.58. The second-order valence-corrected chi connectivity index (χ2v) is 4.12. The molecule has 0 aliphatic carbocycles. The van der Waals surface area contributed by atoms with Gasteiger partial charge in [0.15, 0.2) is 0 Å². The standard InChI is InChI=1S/C9H9Cl2N3O/c1-13-5-9(15)14(12-13)8-3-2-6(10)4-7(8)11/h2-4,12H,5H2,1H3. The highest BCUT2D eigenvalue weighted by Gasteiger charge is 2.27. The van der Waals surface area contributed by atoms with Crippen molar-refractivity contribution in [2.45, 2.75) is 0 Å². The van der Waals surface area contributed by atoms with E-state index in [0.717, 1.165) is 0 Å². The number of anilines is 1. The van der Waals surface area contributed by atoms with E-state index in [4.69, 9.17) is 23.2 Å². The molecule has 1 aromatic rings. The highest BCUT2D eigenvalue weighted by atomic mass is 35.5. The van der Waals surface area contributed by atoms with Crippen LogP contribution in [0.3, 0.4) is 0 Å². The number of carbonyl (C=O) groups is 1. The van der Waals surface area contributed by atoms with Crippen LogP contribution in [0, 0.1) is 0 Å². The molecule has 0 aromatic heterocycles. The maximum atomic E-state index is 11.6. The Hall–Kier alpha value is -0.810. The number of nitrogens with zero attached hydrogens (tertiary/aromatic N) is 2. The maximum Gasteiger partial charge on any atom is 0.258 e. The minimum Gasteiger partial charge on any atom is -0.271 e. The molecule has 1 aliphatic heterocycles. The summed E-state index contributed by atoms with van der Waals surface area (Å²) >= 11 is 11.8. The molecule has 6 heteroatoms. The van der Waals surface area contributed by atoms with Gasteiger partial charge in [0.2, 0.25) is 0 Å². The van der Waals surface area contributed by atoms with E-state index < -0.39 is 0 Å². The fourth-order valence-electron chi connectivity index (χ4n) is 1.39. The Bertz CT molecular complexity index is 410. The summed E-state index contributed by atoms with van der Waals surface area (Å²) in [6.07, 6.45) is 0. The van der Waals surface area contributed by atoms with E-state index in [1.165, 1.54) is 5.01 Å². The maximum absolute atomic E-state index is 11.6. The van der Waals surface area contributed by atoms with E-state index >= 15 is 0 Å². The molecule has 0 atom stereocenters. The molecule has 80 valence electrons. The van der Waals surface area contributed by atoms with Gasteiger partial charge in [-0.05, 0) is 18.2 Å². The van der Waals surface area contributed by atoms with Gasteiger partial charge >= 0.3 is 0 Å². The highest BCUT2D eigenvalue weighted by molar-refractivity contribution is 6.36. The lowest BCUT2D eigenvalue weighted by Gasteiger charge is -2.18. The Labute approximate surface area is 97.3 Å². The molecule has 0 unspecified atom stereocenters. The third-order valence-electron chi connectivity index (χ3n) is 2.04. The largest absolute Gasteiger partial charge is 0.271 e. The number of hydrogen-bond acceptors (Lipinski definition) is 3. The van der Waals surface area contributed by atoms with Crippen LogP contribution in [0.5, 0.6) is 0 Å². The van der Waals surface area contributed by atoms with Crippen LogP contribution in [0.2, 0.25) is 10.0 Å². The lowest BCUT2D eigenvalue weighted by Crippen LogP contribution is -2.38. The summed E-state index contributed by atoms with van der Waals surface area (Å²) in [6, 6.07) is 5.00. The Morgan fingerprint density at radius 3 is 2.67 bits per heavy atom. The summed E-state index contributed by atoms with van der Waals surface area (Å²) in [4.78, 5) is 11.6. The molecule has 15 heavy (non-hydrogen) atoms. The second kappa shape index (κ2) is 3.98. The van der Waals surface area contributed by atoms with Crippen molar-refractivity contribution in [3.05, 3.63) is 28.2 Å². The van der Waals surface area contributed by atoms with Crippen molar-refractivity contribution < 1.29 is 4.79 Å². The lowest BCUT2D eigenvalue weighted by molar-refractivity contribution is -0.116. The van der Waals surface area contributed by atoms with E-state index in [1.54, 1.807) is 30.3 Å². The first-order valence-corrected chi connectivity index (χ1v) is 5.09. The number of halogens is 2. The number of hydrogen-bond donors (Lipinski definition) is 1. The zero-order valence-electron chi connectivity index (χ0n) is 8.00. The molecule has 1 heterocycles. The van der Waals surface area contributed by atoms with Gasteiger partial charge in [0.25, 0.3) is 5.91 Å². The van der Waals surface area contributed by atoms with Crippen LogP contribution in [-0.2, 0) is 4.79 Å². The number of rotatable bonds is 1. The number of hydrazine groups is 2. The fraction of sp³-hybridized carbons (Fsp3) is 0.222. The quantitative estimate of drug-likeness (QED) is 0.819. The van der Waals surface area contributed by atoms with E-state index in [-0.39, 0.29) is 5.91 Å². The summed E-state index contributed by atoms with van der Waals surface area (Å²) in [6.45, 7) is 0.318. The van der Waals surface area contributed by atoms with Crippen molar-refractivity contribution in [1.29, 1.82) is 0 Å². The molecule has 2 rings (SSSR count). The molecule has 1 aliphatic rings. The Balaban J connectivity index is 2.34. The molecule has 1 amide bonds. The first-order chi connectivity index (χ1) is 7.08. The Morgan fingerprint density at radius 2 is 2.13 bits per heavy atom. The Morgan fingerprint density at radius 1 is 1.40 bits per heavy atom. The van der Waals surface area contributed by atoms with Gasteiger partial charge in [0, 0.05) is 12.1 Å². The van der Waals surface area contributed by atoms with Gasteiger partial charge in [0.05, 0.1) is 17.3 Å². The summed E-state index contributed by atoms with van der Waals surface area (Å²) in [5, 5.41) is 4.06. The van der Waals surface area contributed by atoms with Gasteiger partial charge < -0.3 is 0 Å². The van der Waals surface area contributed by atoms with Crippen molar-refractivity contribution in [3.8, 4) is 0 Å². The van der Waals surface area contributed by atoms with E-state index in [2.05, 4.69) is 5.53 Å². The summed E-state index contributed by atoms with van der Waals surface area (Å²) in [5.74, 6) is -0.0540. The van der Waals surface area contributed by atoms with Crippen molar-refractivity contribution >= 4 is 34.8 Å². The number of amides is 1. The van der Waals surface area contributed by atoms with E-state index in [9.17, 15) is 4.79 Å². The topological polar surface area (TPSA) is 35.6 Å². The molecule has 1 N–H and O–H groups in total. The number of carbonyl (C=O) groups excluding carboxylic acids is 1. The van der Waals surface area contributed by atoms with Gasteiger partial charge in [-0.2, -0.15) is 5.53 Å². The molecule has 1 saturated heterocycles. The molecule has 1 fully saturated rings. The predicted molar refractivity (Wildman–Crippen MR) is 59.7 cm³/mol. The summed E-state index contributed by atoms with van der Waals surface area (Å²) in [5.41, 5.74) is 3.48. The first-order valence-electron chi connectivity index (χ1n) is 4.33. The van der Waals surface area contributed by atoms with Crippen LogP contribution >= 0.6 is 23.2 Å². The van der Waals surface area contributed by atoms with Crippen LogP contribution in [0.15, 0.2) is 18.2 Å². The number of nitrogens with one attached hydrogen (secondary N) is 1. The minimum atomic E-state index is -0.0540. The zero-order valence-corrected chi connectivity index (χ0v) is 9.51. The van der Waals surface area contributed by atoms with Crippen molar-refractivity contribution in [2.75, 3.05) is 18.6 Å². The van der Waals surface area contributed by atoms with Gasteiger partial charge in [-0.3, -0.25) is 4.79 Å². The second-order valence-electron chi connectivity index (χ2n) is 3.28. The lowest BCUT2D eigenvalue weighted by atomic mass is 10.3. The summed E-state index contributed by atoms with van der Waals surface area (Å²) in [7, 11) is 1.78. The molecular formula is C9H9Cl2N3O. The number of benzene rings is 1. The predicted octanol–water partition coefficient (Wildman–Crippen LogP) is 1.69. The van der Waals surface area contributed by atoms with Crippen molar-refractivity contribution in [3.63, 3.8) is 0 Å². The van der Waals surface area contributed by atoms with Crippen LogP contribution in [0.1, 0.15) is 0 Å². The molecule has 0 spiro atoms. The van der Waals surface area contributed by atoms with E-state index in [1.807, 2.05) is 0 Å². The number of likely N-dealkylation sites (N-methyl/N-ethyl adjacent to an activating group) is 1. The fourth-order valence-corrected chi connectivity index (χ4v) is 1.88. The van der Waals surface area contributed by atoms with Gasteiger partial charge in [-0.25, -0.2) is 10.0 Å². The molecule has 4 nitrogen and oxygen atoms in total. The van der Waals surface area contributed by atoms with Gasteiger partial charge in [0.1, 0.15) is 0 Å². The molecule has 0 radical (unpaired) electrons. The molecule has 1 aromatic carbocycles. The highest BCUT2D eigenvalue weighted by Crippen LogP contribution is 2.28. The van der Waals surface area contributed by atoms with Crippen molar-refractivity contribution in [1.82, 2.24) is 10.5 Å². The first kappa shape index (κ1) is 10.7. The molecular weight excluding hydrogens is 237 g/mol. The normalized spacial score (nSPS) is 17.5. The third kappa shape index (κ3) is 2.08.